The number of hydrogen-bond donors (Lipinski definition) is 2. The Morgan fingerprint density at radius 3 is 3.05 bits per heavy atom. The van der Waals surface area contributed by atoms with E-state index < -0.39 is 6.10 Å². The fourth-order valence-corrected chi connectivity index (χ4v) is 2.84. The largest absolute Gasteiger partial charge is 0.391 e. The number of thiophene rings is 1. The van der Waals surface area contributed by atoms with Crippen LogP contribution in [0.15, 0.2) is 24.3 Å². The number of fused-ring (bicyclic) bond motifs is 1. The van der Waals surface area contributed by atoms with E-state index in [1.54, 1.807) is 18.2 Å². The van der Waals surface area contributed by atoms with Crippen LogP contribution in [0.1, 0.15) is 16.1 Å². The first-order chi connectivity index (χ1) is 9.61. The van der Waals surface area contributed by atoms with Crippen molar-refractivity contribution in [3.63, 3.8) is 0 Å². The van der Waals surface area contributed by atoms with Gasteiger partial charge in [-0.05, 0) is 24.6 Å². The highest BCUT2D eigenvalue weighted by molar-refractivity contribution is 7.20. The zero-order chi connectivity index (χ0) is 14.5. The van der Waals surface area contributed by atoms with Crippen LogP contribution in [0.2, 0.25) is 0 Å². The zero-order valence-corrected chi connectivity index (χ0v) is 11.9. The smallest absolute Gasteiger partial charge is 0.261 e. The van der Waals surface area contributed by atoms with Gasteiger partial charge < -0.3 is 15.2 Å². The molecule has 6 heteroatoms. The summed E-state index contributed by atoms with van der Waals surface area (Å²) in [4.78, 5) is 12.4. The predicted molar refractivity (Wildman–Crippen MR) is 76.6 cm³/mol. The molecule has 1 aromatic carbocycles. The molecule has 108 valence electrons. The molecule has 4 nitrogen and oxygen atoms in total. The van der Waals surface area contributed by atoms with Crippen molar-refractivity contribution < 1.29 is 19.0 Å². The number of benzene rings is 1. The fraction of sp³-hybridized carbons (Fsp3) is 0.357. The number of aliphatic hydroxyl groups excluding tert-OH is 1. The molecular formula is C14H16FNO3S. The number of amides is 1. The molecule has 0 saturated heterocycles. The van der Waals surface area contributed by atoms with Crippen LogP contribution in [0.25, 0.3) is 10.1 Å². The van der Waals surface area contributed by atoms with Crippen molar-refractivity contribution in [2.24, 2.45) is 0 Å². The number of carbonyl (C=O) groups excluding carboxylic acids is 1. The average molecular weight is 297 g/mol. The van der Waals surface area contributed by atoms with E-state index >= 15 is 0 Å². The van der Waals surface area contributed by atoms with Crippen LogP contribution in [-0.4, -0.2) is 37.4 Å². The minimum atomic E-state index is -0.597. The molecule has 1 amide bonds. The highest BCUT2D eigenvalue weighted by Crippen LogP contribution is 2.27. The molecule has 0 radical (unpaired) electrons. The highest BCUT2D eigenvalue weighted by Gasteiger charge is 2.12. The molecule has 1 atom stereocenters. The summed E-state index contributed by atoms with van der Waals surface area (Å²) in [6.45, 7) is 0.587. The lowest BCUT2D eigenvalue weighted by Gasteiger charge is -2.09. The van der Waals surface area contributed by atoms with E-state index in [9.17, 15) is 14.3 Å². The van der Waals surface area contributed by atoms with Crippen LogP contribution in [0.5, 0.6) is 0 Å². The second-order valence-electron chi connectivity index (χ2n) is 4.42. The lowest BCUT2D eigenvalue weighted by atomic mass is 10.2. The molecule has 0 bridgehead atoms. The number of halogens is 1. The lowest BCUT2D eigenvalue weighted by Crippen LogP contribution is -2.27. The van der Waals surface area contributed by atoms with E-state index in [1.807, 2.05) is 0 Å². The number of hydrogen-bond acceptors (Lipinski definition) is 4. The summed E-state index contributed by atoms with van der Waals surface area (Å²) in [6.07, 6.45) is -0.182. The van der Waals surface area contributed by atoms with E-state index in [0.717, 1.165) is 4.70 Å². The van der Waals surface area contributed by atoms with Gasteiger partial charge in [0, 0.05) is 23.7 Å². The van der Waals surface area contributed by atoms with Crippen LogP contribution in [0, 0.1) is 5.82 Å². The Hall–Kier alpha value is -1.50. The van der Waals surface area contributed by atoms with Gasteiger partial charge in [-0.1, -0.05) is 6.07 Å². The number of rotatable bonds is 6. The monoisotopic (exact) mass is 297 g/mol. The second kappa shape index (κ2) is 6.78. The normalized spacial score (nSPS) is 12.6. The van der Waals surface area contributed by atoms with Gasteiger partial charge in [-0.25, -0.2) is 4.39 Å². The summed E-state index contributed by atoms with van der Waals surface area (Å²) >= 11 is 1.25. The van der Waals surface area contributed by atoms with Crippen molar-refractivity contribution in [2.75, 3.05) is 20.3 Å². The molecule has 0 fully saturated rings. The van der Waals surface area contributed by atoms with E-state index in [4.69, 9.17) is 4.74 Å². The van der Waals surface area contributed by atoms with Gasteiger partial charge in [-0.2, -0.15) is 0 Å². The maximum absolute atomic E-state index is 13.5. The van der Waals surface area contributed by atoms with Crippen molar-refractivity contribution >= 4 is 27.3 Å². The van der Waals surface area contributed by atoms with Crippen molar-refractivity contribution in [3.05, 3.63) is 35.0 Å². The molecule has 0 aliphatic heterocycles. The maximum Gasteiger partial charge on any atom is 0.261 e. The van der Waals surface area contributed by atoms with Crippen LogP contribution >= 0.6 is 11.3 Å². The SMILES string of the molecule is COCC(O)CCNC(=O)c1cc2c(F)cccc2s1. The predicted octanol–water partition coefficient (Wildman–Crippen LogP) is 2.17. The second-order valence-corrected chi connectivity index (χ2v) is 5.50. The van der Waals surface area contributed by atoms with Gasteiger partial charge in [0.2, 0.25) is 0 Å². The molecule has 0 spiro atoms. The summed E-state index contributed by atoms with van der Waals surface area (Å²) in [6, 6.07) is 6.33. The Kier molecular flexibility index (Phi) is 5.05. The summed E-state index contributed by atoms with van der Waals surface area (Å²) in [7, 11) is 1.51. The summed E-state index contributed by atoms with van der Waals surface area (Å²) in [5, 5.41) is 12.6. The molecular weight excluding hydrogens is 281 g/mol. The molecule has 2 rings (SSSR count). The van der Waals surface area contributed by atoms with Gasteiger partial charge in [0.15, 0.2) is 0 Å². The Morgan fingerprint density at radius 1 is 1.55 bits per heavy atom. The topological polar surface area (TPSA) is 58.6 Å². The molecule has 0 aliphatic carbocycles. The molecule has 0 aliphatic rings. The third-order valence-corrected chi connectivity index (χ3v) is 3.95. The molecule has 0 saturated carbocycles. The van der Waals surface area contributed by atoms with Crippen molar-refractivity contribution in [1.82, 2.24) is 5.32 Å². The number of carbonyl (C=O) groups is 1. The molecule has 2 N–H and O–H groups in total. The van der Waals surface area contributed by atoms with Crippen LogP contribution in [0.3, 0.4) is 0 Å². The number of methoxy groups -OCH3 is 1. The van der Waals surface area contributed by atoms with Crippen LogP contribution < -0.4 is 5.32 Å². The third kappa shape index (κ3) is 3.53. The number of ether oxygens (including phenoxy) is 1. The van der Waals surface area contributed by atoms with Crippen molar-refractivity contribution in [2.45, 2.75) is 12.5 Å². The molecule has 20 heavy (non-hydrogen) atoms. The Labute approximate surface area is 120 Å². The molecule has 1 heterocycles. The third-order valence-electron chi connectivity index (χ3n) is 2.85. The van der Waals surface area contributed by atoms with E-state index in [2.05, 4.69) is 5.32 Å². The van der Waals surface area contributed by atoms with Crippen molar-refractivity contribution in [1.29, 1.82) is 0 Å². The van der Waals surface area contributed by atoms with Gasteiger partial charge in [0.25, 0.3) is 5.91 Å². The van der Waals surface area contributed by atoms with Gasteiger partial charge >= 0.3 is 0 Å². The Bertz CT molecular complexity index is 599. The number of nitrogens with one attached hydrogen (secondary N) is 1. The standard InChI is InChI=1S/C14H16FNO3S/c1-19-8-9(17)5-6-16-14(18)13-7-10-11(15)3-2-4-12(10)20-13/h2-4,7,9,17H,5-6,8H2,1H3,(H,16,18). The fourth-order valence-electron chi connectivity index (χ4n) is 1.85. The zero-order valence-electron chi connectivity index (χ0n) is 11.1. The van der Waals surface area contributed by atoms with E-state index in [0.29, 0.717) is 23.2 Å². The first-order valence-corrected chi connectivity index (χ1v) is 7.06. The lowest BCUT2D eigenvalue weighted by molar-refractivity contribution is 0.0588. The molecule has 1 unspecified atom stereocenters. The van der Waals surface area contributed by atoms with Crippen LogP contribution in [-0.2, 0) is 4.74 Å². The van der Waals surface area contributed by atoms with Gasteiger partial charge in [0.1, 0.15) is 5.82 Å². The van der Waals surface area contributed by atoms with Crippen LogP contribution in [0.4, 0.5) is 4.39 Å². The van der Waals surface area contributed by atoms with Gasteiger partial charge in [-0.15, -0.1) is 11.3 Å². The first-order valence-electron chi connectivity index (χ1n) is 6.25. The minimum Gasteiger partial charge on any atom is -0.391 e. The molecule has 2 aromatic rings. The summed E-state index contributed by atoms with van der Waals surface area (Å²) in [5.41, 5.74) is 0. The van der Waals surface area contributed by atoms with E-state index in [1.165, 1.54) is 24.5 Å². The summed E-state index contributed by atoms with van der Waals surface area (Å²) in [5.74, 6) is -0.580. The first kappa shape index (κ1) is 14.9. The van der Waals surface area contributed by atoms with Crippen molar-refractivity contribution in [3.8, 4) is 0 Å². The highest BCUT2D eigenvalue weighted by atomic mass is 32.1. The Morgan fingerprint density at radius 2 is 2.35 bits per heavy atom. The van der Waals surface area contributed by atoms with E-state index in [-0.39, 0.29) is 18.3 Å². The average Bonchev–Trinajstić information content (AvgIpc) is 2.84. The summed E-state index contributed by atoms with van der Waals surface area (Å²) < 4.78 is 19.1. The number of aliphatic hydroxyl groups is 1. The molecule has 1 aromatic heterocycles. The quantitative estimate of drug-likeness (QED) is 0.859. The minimum absolute atomic E-state index is 0.240. The maximum atomic E-state index is 13.5. The van der Waals surface area contributed by atoms with Gasteiger partial charge in [-0.3, -0.25) is 4.79 Å². The Balaban J connectivity index is 1.96. The van der Waals surface area contributed by atoms with Gasteiger partial charge in [0.05, 0.1) is 17.6 Å².